The van der Waals surface area contributed by atoms with E-state index in [1.54, 1.807) is 0 Å². The molecular formula is C21H25F3N4O4. The SMILES string of the molecule is CCn1nnc(C)c1CN1CC2(CC2)c2ccccc2C1C(=O)OC.O=C(O)C(F)(F)F. The highest BCUT2D eigenvalue weighted by molar-refractivity contribution is 5.79. The fraction of sp³-hybridized carbons (Fsp3) is 0.524. The third kappa shape index (κ3) is 4.62. The van der Waals surface area contributed by atoms with Crippen LogP contribution in [0.3, 0.4) is 0 Å². The summed E-state index contributed by atoms with van der Waals surface area (Å²) in [5.41, 5.74) is 4.60. The Morgan fingerprint density at radius 2 is 1.91 bits per heavy atom. The van der Waals surface area contributed by atoms with E-state index in [2.05, 4.69) is 40.3 Å². The Labute approximate surface area is 183 Å². The van der Waals surface area contributed by atoms with Gasteiger partial charge in [-0.15, -0.1) is 5.10 Å². The highest BCUT2D eigenvalue weighted by Gasteiger charge is 2.53. The number of benzene rings is 1. The molecule has 1 aromatic heterocycles. The number of aliphatic carboxylic acids is 1. The van der Waals surface area contributed by atoms with Crippen LogP contribution in [0.25, 0.3) is 0 Å². The average Bonchev–Trinajstić information content (AvgIpc) is 3.43. The number of halogens is 3. The van der Waals surface area contributed by atoms with Crippen LogP contribution in [0.1, 0.15) is 48.3 Å². The van der Waals surface area contributed by atoms with Gasteiger partial charge in [0.1, 0.15) is 6.04 Å². The van der Waals surface area contributed by atoms with Crippen molar-refractivity contribution in [2.75, 3.05) is 13.7 Å². The molecule has 1 aliphatic heterocycles. The molecule has 0 radical (unpaired) electrons. The van der Waals surface area contributed by atoms with E-state index in [4.69, 9.17) is 14.6 Å². The van der Waals surface area contributed by atoms with Crippen LogP contribution in [0, 0.1) is 6.92 Å². The second-order valence-electron chi connectivity index (χ2n) is 7.94. The molecule has 8 nitrogen and oxygen atoms in total. The van der Waals surface area contributed by atoms with E-state index in [-0.39, 0.29) is 17.4 Å². The number of aryl methyl sites for hydroxylation is 2. The van der Waals surface area contributed by atoms with Gasteiger partial charge in [-0.1, -0.05) is 29.5 Å². The summed E-state index contributed by atoms with van der Waals surface area (Å²) in [5.74, 6) is -2.95. The molecule has 2 aliphatic rings. The summed E-state index contributed by atoms with van der Waals surface area (Å²) in [6.45, 7) is 6.34. The van der Waals surface area contributed by atoms with Crippen LogP contribution in [-0.2, 0) is 32.8 Å². The third-order valence-electron chi connectivity index (χ3n) is 5.90. The molecule has 174 valence electrons. The van der Waals surface area contributed by atoms with Gasteiger partial charge in [0.2, 0.25) is 0 Å². The van der Waals surface area contributed by atoms with Crippen LogP contribution >= 0.6 is 0 Å². The number of carbonyl (C=O) groups is 2. The van der Waals surface area contributed by atoms with Crippen LogP contribution in [0.5, 0.6) is 0 Å². The number of aromatic nitrogens is 3. The van der Waals surface area contributed by atoms with Crippen molar-refractivity contribution in [1.29, 1.82) is 0 Å². The van der Waals surface area contributed by atoms with E-state index in [1.165, 1.54) is 25.5 Å². The first-order chi connectivity index (χ1) is 15.0. The van der Waals surface area contributed by atoms with E-state index in [0.29, 0.717) is 6.54 Å². The zero-order chi connectivity index (χ0) is 23.7. The van der Waals surface area contributed by atoms with Crippen molar-refractivity contribution in [3.63, 3.8) is 0 Å². The van der Waals surface area contributed by atoms with Gasteiger partial charge in [0, 0.05) is 25.0 Å². The van der Waals surface area contributed by atoms with Gasteiger partial charge in [0.05, 0.1) is 18.5 Å². The molecule has 2 aromatic rings. The molecule has 4 rings (SSSR count). The highest BCUT2D eigenvalue weighted by Crippen LogP contribution is 2.55. The molecule has 1 aromatic carbocycles. The van der Waals surface area contributed by atoms with Gasteiger partial charge in [0.15, 0.2) is 0 Å². The van der Waals surface area contributed by atoms with Gasteiger partial charge < -0.3 is 9.84 Å². The van der Waals surface area contributed by atoms with Crippen molar-refractivity contribution in [2.24, 2.45) is 0 Å². The van der Waals surface area contributed by atoms with Crippen molar-refractivity contribution in [3.05, 3.63) is 46.8 Å². The summed E-state index contributed by atoms with van der Waals surface area (Å²) in [6, 6.07) is 7.97. The lowest BCUT2D eigenvalue weighted by atomic mass is 9.82. The maximum absolute atomic E-state index is 12.6. The lowest BCUT2D eigenvalue weighted by molar-refractivity contribution is -0.192. The molecule has 1 fully saturated rings. The standard InChI is InChI=1S/C19H24N4O2.C2HF3O2/c1-4-23-16(13(2)20-21-23)11-22-12-19(9-10-19)15-8-6-5-7-14(15)17(22)18(24)25-3;3-2(4,5)1(6)7/h5-8,17H,4,9-12H2,1-3H3;(H,6,7). The van der Waals surface area contributed by atoms with Crippen LogP contribution in [0.2, 0.25) is 0 Å². The summed E-state index contributed by atoms with van der Waals surface area (Å²) in [6.07, 6.45) is -2.72. The molecule has 0 amide bonds. The molecule has 0 saturated heterocycles. The maximum atomic E-state index is 12.6. The van der Waals surface area contributed by atoms with Gasteiger partial charge in [0.25, 0.3) is 0 Å². The summed E-state index contributed by atoms with van der Waals surface area (Å²) in [4.78, 5) is 23.8. The predicted molar refractivity (Wildman–Crippen MR) is 107 cm³/mol. The number of nitrogens with zero attached hydrogens (tertiary/aromatic N) is 4. The second-order valence-corrected chi connectivity index (χ2v) is 7.94. The Bertz CT molecular complexity index is 1000. The van der Waals surface area contributed by atoms with Gasteiger partial charge >= 0.3 is 18.1 Å². The first kappa shape index (κ1) is 23.7. The second kappa shape index (κ2) is 8.89. The van der Waals surface area contributed by atoms with E-state index >= 15 is 0 Å². The molecule has 2 heterocycles. The molecule has 1 atom stereocenters. The van der Waals surface area contributed by atoms with E-state index < -0.39 is 12.1 Å². The molecule has 1 N–H and O–H groups in total. The zero-order valence-electron chi connectivity index (χ0n) is 18.0. The summed E-state index contributed by atoms with van der Waals surface area (Å²) in [7, 11) is 1.47. The lowest BCUT2D eigenvalue weighted by Crippen LogP contribution is -2.45. The Kier molecular flexibility index (Phi) is 6.59. The monoisotopic (exact) mass is 454 g/mol. The van der Waals surface area contributed by atoms with Gasteiger partial charge in [-0.2, -0.15) is 13.2 Å². The average molecular weight is 454 g/mol. The Morgan fingerprint density at radius 3 is 2.44 bits per heavy atom. The maximum Gasteiger partial charge on any atom is 0.490 e. The Morgan fingerprint density at radius 1 is 1.28 bits per heavy atom. The van der Waals surface area contributed by atoms with Crippen molar-refractivity contribution in [3.8, 4) is 0 Å². The summed E-state index contributed by atoms with van der Waals surface area (Å²) >= 11 is 0. The largest absolute Gasteiger partial charge is 0.490 e. The van der Waals surface area contributed by atoms with Crippen molar-refractivity contribution < 1.29 is 32.6 Å². The van der Waals surface area contributed by atoms with E-state index in [1.807, 2.05) is 17.7 Å². The number of carboxylic acids is 1. The predicted octanol–water partition coefficient (Wildman–Crippen LogP) is 3.00. The molecule has 32 heavy (non-hydrogen) atoms. The number of ether oxygens (including phenoxy) is 1. The number of hydrogen-bond acceptors (Lipinski definition) is 6. The number of esters is 1. The summed E-state index contributed by atoms with van der Waals surface area (Å²) < 4.78 is 38.8. The number of methoxy groups -OCH3 is 1. The minimum atomic E-state index is -5.08. The van der Waals surface area contributed by atoms with Crippen LogP contribution in [0.15, 0.2) is 24.3 Å². The summed E-state index contributed by atoms with van der Waals surface area (Å²) in [5, 5.41) is 15.5. The molecule has 0 bridgehead atoms. The molecular weight excluding hydrogens is 429 g/mol. The molecule has 1 aliphatic carbocycles. The number of carboxylic acid groups (broad SMARTS) is 1. The van der Waals surface area contributed by atoms with Gasteiger partial charge in [-0.25, -0.2) is 14.3 Å². The Balaban J connectivity index is 0.000000360. The fourth-order valence-electron chi connectivity index (χ4n) is 4.16. The van der Waals surface area contributed by atoms with Crippen molar-refractivity contribution in [2.45, 2.75) is 57.4 Å². The van der Waals surface area contributed by atoms with Gasteiger partial charge in [-0.05, 0) is 37.8 Å². The lowest BCUT2D eigenvalue weighted by Gasteiger charge is -2.40. The van der Waals surface area contributed by atoms with Crippen LogP contribution in [-0.4, -0.2) is 56.8 Å². The minimum Gasteiger partial charge on any atom is -0.475 e. The minimum absolute atomic E-state index is 0.194. The van der Waals surface area contributed by atoms with Crippen LogP contribution < -0.4 is 0 Å². The first-order valence-electron chi connectivity index (χ1n) is 10.1. The number of fused-ring (bicyclic) bond motifs is 2. The smallest absolute Gasteiger partial charge is 0.475 e. The first-order valence-corrected chi connectivity index (χ1v) is 10.1. The molecule has 1 saturated carbocycles. The zero-order valence-corrected chi connectivity index (χ0v) is 18.0. The topological polar surface area (TPSA) is 97.5 Å². The van der Waals surface area contributed by atoms with E-state index in [0.717, 1.165) is 30.0 Å². The molecule has 11 heteroatoms. The number of carbonyl (C=O) groups excluding carboxylic acids is 1. The fourth-order valence-corrected chi connectivity index (χ4v) is 4.16. The number of alkyl halides is 3. The third-order valence-corrected chi connectivity index (χ3v) is 5.90. The van der Waals surface area contributed by atoms with Crippen LogP contribution in [0.4, 0.5) is 13.2 Å². The van der Waals surface area contributed by atoms with Crippen molar-refractivity contribution >= 4 is 11.9 Å². The van der Waals surface area contributed by atoms with E-state index in [9.17, 15) is 18.0 Å². The normalized spacial score (nSPS) is 19.0. The number of hydrogen-bond donors (Lipinski definition) is 1. The quantitative estimate of drug-likeness (QED) is 0.710. The van der Waals surface area contributed by atoms with Crippen molar-refractivity contribution in [1.82, 2.24) is 19.9 Å². The highest BCUT2D eigenvalue weighted by atomic mass is 19.4. The van der Waals surface area contributed by atoms with Gasteiger partial charge in [-0.3, -0.25) is 4.90 Å². The molecule has 1 unspecified atom stereocenters. The number of rotatable bonds is 4. The molecule has 1 spiro atoms. The Hall–Kier alpha value is -2.95.